The van der Waals surface area contributed by atoms with Crippen LogP contribution in [0.3, 0.4) is 0 Å². The fourth-order valence-corrected chi connectivity index (χ4v) is 2.54. The van der Waals surface area contributed by atoms with E-state index in [9.17, 15) is 0 Å². The Morgan fingerprint density at radius 1 is 1.56 bits per heavy atom. The highest BCUT2D eigenvalue weighted by molar-refractivity contribution is 5.03. The first-order valence-electron chi connectivity index (χ1n) is 6.52. The maximum Gasteiger partial charge on any atom is 0.0492 e. The average Bonchev–Trinajstić information content (AvgIpc) is 2.70. The second kappa shape index (κ2) is 5.48. The fourth-order valence-electron chi connectivity index (χ4n) is 2.54. The average molecular weight is 221 g/mol. The van der Waals surface area contributed by atoms with Crippen molar-refractivity contribution in [2.45, 2.75) is 39.7 Å². The first-order valence-corrected chi connectivity index (χ1v) is 6.52. The molecule has 0 aromatic carbocycles. The van der Waals surface area contributed by atoms with Crippen molar-refractivity contribution in [1.29, 1.82) is 0 Å². The van der Waals surface area contributed by atoms with E-state index < -0.39 is 0 Å². The Bertz CT molecular complexity index is 319. The van der Waals surface area contributed by atoms with Gasteiger partial charge in [0.2, 0.25) is 0 Å². The van der Waals surface area contributed by atoms with E-state index in [0.717, 1.165) is 24.8 Å². The van der Waals surface area contributed by atoms with Crippen LogP contribution in [-0.4, -0.2) is 22.9 Å². The van der Waals surface area contributed by atoms with Gasteiger partial charge in [-0.3, -0.25) is 4.68 Å². The normalized spacial score (nSPS) is 25.9. The summed E-state index contributed by atoms with van der Waals surface area (Å²) >= 11 is 0. The Balaban J connectivity index is 1.99. The Hall–Kier alpha value is -0.830. The van der Waals surface area contributed by atoms with Crippen LogP contribution >= 0.6 is 0 Å². The third-order valence-electron chi connectivity index (χ3n) is 3.70. The summed E-state index contributed by atoms with van der Waals surface area (Å²) in [4.78, 5) is 0. The van der Waals surface area contributed by atoms with E-state index >= 15 is 0 Å². The molecular formula is C13H23N3. The molecule has 0 radical (unpaired) electrons. The molecule has 16 heavy (non-hydrogen) atoms. The van der Waals surface area contributed by atoms with Crippen LogP contribution in [0.2, 0.25) is 0 Å². The summed E-state index contributed by atoms with van der Waals surface area (Å²) in [6.07, 6.45) is 5.58. The molecule has 90 valence electrons. The predicted octanol–water partition coefficient (Wildman–Crippen LogP) is 2.08. The van der Waals surface area contributed by atoms with Crippen LogP contribution in [0.4, 0.5) is 0 Å². The van der Waals surface area contributed by atoms with Crippen LogP contribution in [0.1, 0.15) is 32.4 Å². The summed E-state index contributed by atoms with van der Waals surface area (Å²) in [5, 5.41) is 7.89. The van der Waals surface area contributed by atoms with Crippen molar-refractivity contribution >= 4 is 0 Å². The summed E-state index contributed by atoms with van der Waals surface area (Å²) in [7, 11) is 0. The van der Waals surface area contributed by atoms with Crippen LogP contribution in [0.5, 0.6) is 0 Å². The lowest BCUT2D eigenvalue weighted by molar-refractivity contribution is 0.268. The number of nitrogens with one attached hydrogen (secondary N) is 1. The Morgan fingerprint density at radius 3 is 3.19 bits per heavy atom. The second-order valence-corrected chi connectivity index (χ2v) is 4.98. The van der Waals surface area contributed by atoms with Gasteiger partial charge in [0.15, 0.2) is 0 Å². The van der Waals surface area contributed by atoms with Gasteiger partial charge in [0.1, 0.15) is 0 Å². The molecule has 0 saturated carbocycles. The van der Waals surface area contributed by atoms with Crippen molar-refractivity contribution in [3.05, 3.63) is 18.0 Å². The standard InChI is InChI=1S/C13H23N3/c1-3-8-16-13(5-7-15-16)9-12-10-14-6-4-11(12)2/h5,7,11-12,14H,3-4,6,8-10H2,1-2H3. The van der Waals surface area contributed by atoms with Crippen molar-refractivity contribution in [2.24, 2.45) is 11.8 Å². The van der Waals surface area contributed by atoms with Gasteiger partial charge in [-0.05, 0) is 50.3 Å². The highest BCUT2D eigenvalue weighted by atomic mass is 15.3. The number of nitrogens with zero attached hydrogens (tertiary/aromatic N) is 2. The number of hydrogen-bond acceptors (Lipinski definition) is 2. The van der Waals surface area contributed by atoms with Gasteiger partial charge in [0.25, 0.3) is 0 Å². The molecular weight excluding hydrogens is 198 g/mol. The van der Waals surface area contributed by atoms with Crippen LogP contribution in [0.25, 0.3) is 0 Å². The van der Waals surface area contributed by atoms with Crippen molar-refractivity contribution in [3.63, 3.8) is 0 Å². The number of rotatable bonds is 4. The highest BCUT2D eigenvalue weighted by Crippen LogP contribution is 2.22. The number of hydrogen-bond donors (Lipinski definition) is 1. The van der Waals surface area contributed by atoms with E-state index in [-0.39, 0.29) is 0 Å². The van der Waals surface area contributed by atoms with Gasteiger partial charge in [-0.15, -0.1) is 0 Å². The molecule has 1 aromatic rings. The van der Waals surface area contributed by atoms with E-state index in [1.54, 1.807) is 0 Å². The van der Waals surface area contributed by atoms with Crippen molar-refractivity contribution in [2.75, 3.05) is 13.1 Å². The molecule has 0 spiro atoms. The molecule has 3 heteroatoms. The molecule has 0 bridgehead atoms. The van der Waals surface area contributed by atoms with E-state index in [1.807, 2.05) is 6.20 Å². The minimum atomic E-state index is 0.779. The molecule has 2 heterocycles. The van der Waals surface area contributed by atoms with Gasteiger partial charge >= 0.3 is 0 Å². The largest absolute Gasteiger partial charge is 0.316 e. The summed E-state index contributed by atoms with van der Waals surface area (Å²) in [5.41, 5.74) is 1.41. The zero-order valence-corrected chi connectivity index (χ0v) is 10.4. The smallest absolute Gasteiger partial charge is 0.0492 e. The lowest BCUT2D eigenvalue weighted by Gasteiger charge is -2.29. The van der Waals surface area contributed by atoms with Crippen molar-refractivity contribution in [1.82, 2.24) is 15.1 Å². The maximum absolute atomic E-state index is 4.39. The Morgan fingerprint density at radius 2 is 2.44 bits per heavy atom. The lowest BCUT2D eigenvalue weighted by Crippen LogP contribution is -2.36. The van der Waals surface area contributed by atoms with Crippen LogP contribution < -0.4 is 5.32 Å². The Labute approximate surface area is 98.2 Å². The molecule has 3 nitrogen and oxygen atoms in total. The molecule has 2 unspecified atom stereocenters. The molecule has 0 aliphatic carbocycles. The van der Waals surface area contributed by atoms with E-state index in [0.29, 0.717) is 0 Å². The van der Waals surface area contributed by atoms with Crippen molar-refractivity contribution < 1.29 is 0 Å². The maximum atomic E-state index is 4.39. The SMILES string of the molecule is CCCn1nccc1CC1CNCCC1C. The lowest BCUT2D eigenvalue weighted by atomic mass is 9.85. The Kier molecular flexibility index (Phi) is 3.99. The van der Waals surface area contributed by atoms with Gasteiger partial charge in [-0.25, -0.2) is 0 Å². The molecule has 1 saturated heterocycles. The number of aromatic nitrogens is 2. The van der Waals surface area contributed by atoms with Crippen LogP contribution in [0.15, 0.2) is 12.3 Å². The molecule has 1 aliphatic heterocycles. The summed E-state index contributed by atoms with van der Waals surface area (Å²) in [6.45, 7) is 7.99. The molecule has 2 rings (SSSR count). The van der Waals surface area contributed by atoms with Gasteiger partial charge in [-0.1, -0.05) is 13.8 Å². The first-order chi connectivity index (χ1) is 7.81. The molecule has 1 aromatic heterocycles. The summed E-state index contributed by atoms with van der Waals surface area (Å²) < 4.78 is 2.17. The zero-order chi connectivity index (χ0) is 11.4. The van der Waals surface area contributed by atoms with Gasteiger partial charge in [0, 0.05) is 18.4 Å². The summed E-state index contributed by atoms with van der Waals surface area (Å²) in [5.74, 6) is 1.62. The molecule has 2 atom stereocenters. The van der Waals surface area contributed by atoms with Crippen LogP contribution in [-0.2, 0) is 13.0 Å². The number of aryl methyl sites for hydroxylation is 1. The van der Waals surface area contributed by atoms with Gasteiger partial charge in [-0.2, -0.15) is 5.10 Å². The minimum Gasteiger partial charge on any atom is -0.316 e. The van der Waals surface area contributed by atoms with E-state index in [2.05, 4.69) is 35.0 Å². The fraction of sp³-hybridized carbons (Fsp3) is 0.769. The highest BCUT2D eigenvalue weighted by Gasteiger charge is 2.22. The number of piperidine rings is 1. The molecule has 1 aliphatic rings. The van der Waals surface area contributed by atoms with Crippen molar-refractivity contribution in [3.8, 4) is 0 Å². The second-order valence-electron chi connectivity index (χ2n) is 4.98. The van der Waals surface area contributed by atoms with E-state index in [4.69, 9.17) is 0 Å². The van der Waals surface area contributed by atoms with E-state index in [1.165, 1.54) is 31.6 Å². The van der Waals surface area contributed by atoms with Gasteiger partial charge in [0.05, 0.1) is 0 Å². The molecule has 1 N–H and O–H groups in total. The quantitative estimate of drug-likeness (QED) is 0.843. The zero-order valence-electron chi connectivity index (χ0n) is 10.4. The third-order valence-corrected chi connectivity index (χ3v) is 3.70. The summed E-state index contributed by atoms with van der Waals surface area (Å²) in [6, 6.07) is 2.18. The monoisotopic (exact) mass is 221 g/mol. The molecule has 0 amide bonds. The first kappa shape index (κ1) is 11.6. The third kappa shape index (κ3) is 2.64. The topological polar surface area (TPSA) is 29.9 Å². The molecule has 1 fully saturated rings. The predicted molar refractivity (Wildman–Crippen MR) is 66.4 cm³/mol. The van der Waals surface area contributed by atoms with Gasteiger partial charge < -0.3 is 5.32 Å². The van der Waals surface area contributed by atoms with Crippen LogP contribution in [0, 0.1) is 11.8 Å². The minimum absolute atomic E-state index is 0.779.